The fourth-order valence-corrected chi connectivity index (χ4v) is 4.87. The lowest BCUT2D eigenvalue weighted by Gasteiger charge is -2.18. The molecule has 2 aromatic rings. The fraction of sp³-hybridized carbons (Fsp3) is 0.280. The Morgan fingerprint density at radius 2 is 1.37 bits per heavy atom. The van der Waals surface area contributed by atoms with Crippen molar-refractivity contribution in [3.05, 3.63) is 59.7 Å². The van der Waals surface area contributed by atoms with Crippen molar-refractivity contribution >= 4 is 57.5 Å². The number of thioether (sulfide) groups is 2. The molecule has 38 heavy (non-hydrogen) atoms. The summed E-state index contributed by atoms with van der Waals surface area (Å²) in [4.78, 5) is 73.1. The largest absolute Gasteiger partial charge is 0.507 e. The zero-order valence-corrected chi connectivity index (χ0v) is 22.4. The maximum atomic E-state index is 13.0. The summed E-state index contributed by atoms with van der Waals surface area (Å²) in [6.45, 7) is 2.42. The van der Waals surface area contributed by atoms with E-state index in [9.17, 15) is 33.9 Å². The van der Waals surface area contributed by atoms with Gasteiger partial charge in [-0.3, -0.25) is 19.2 Å². The third-order valence-corrected chi connectivity index (χ3v) is 6.78. The van der Waals surface area contributed by atoms with E-state index in [1.807, 2.05) is 0 Å². The number of amides is 2. The summed E-state index contributed by atoms with van der Waals surface area (Å²) in [5.74, 6) is -3.24. The zero-order valence-electron chi connectivity index (χ0n) is 20.7. The number of phenolic OH excluding ortho intramolecular Hbond substituents is 1. The van der Waals surface area contributed by atoms with Crippen LogP contribution in [0.15, 0.2) is 48.5 Å². The van der Waals surface area contributed by atoms with Gasteiger partial charge in [-0.2, -0.15) is 0 Å². The lowest BCUT2D eigenvalue weighted by molar-refractivity contribution is -0.144. The van der Waals surface area contributed by atoms with Crippen molar-refractivity contribution in [2.75, 3.05) is 18.6 Å². The predicted molar refractivity (Wildman–Crippen MR) is 141 cm³/mol. The number of carbonyl (C=O) groups excluding carboxylic acids is 6. The summed E-state index contributed by atoms with van der Waals surface area (Å²) in [7, 11) is 1.14. The molecule has 0 aromatic heterocycles. The monoisotopic (exact) mass is 562 g/mol. The number of nitrogens with one attached hydrogen (secondary N) is 2. The molecule has 0 saturated carbocycles. The average Bonchev–Trinajstić information content (AvgIpc) is 2.88. The van der Waals surface area contributed by atoms with Crippen molar-refractivity contribution < 1.29 is 43.3 Å². The van der Waals surface area contributed by atoms with Crippen LogP contribution in [-0.4, -0.2) is 69.8 Å². The number of ether oxygens (including phenoxy) is 2. The molecule has 3 N–H and O–H groups in total. The number of esters is 2. The van der Waals surface area contributed by atoms with Crippen molar-refractivity contribution in [2.45, 2.75) is 25.9 Å². The Hall–Kier alpha value is -3.84. The van der Waals surface area contributed by atoms with Gasteiger partial charge in [0.2, 0.25) is 22.0 Å². The van der Waals surface area contributed by atoms with Crippen LogP contribution in [0, 0.1) is 0 Å². The molecule has 0 radical (unpaired) electrons. The highest BCUT2D eigenvalue weighted by Crippen LogP contribution is 2.26. The van der Waals surface area contributed by atoms with Crippen LogP contribution in [0.5, 0.6) is 11.5 Å². The molecule has 2 aromatic carbocycles. The van der Waals surface area contributed by atoms with Crippen LogP contribution >= 0.6 is 23.5 Å². The quantitative estimate of drug-likeness (QED) is 0.271. The number of methoxy groups -OCH3 is 1. The molecule has 11 nitrogen and oxygen atoms in total. The Morgan fingerprint density at radius 1 is 0.816 bits per heavy atom. The molecule has 13 heteroatoms. The molecule has 0 spiro atoms. The number of hydrogen-bond donors (Lipinski definition) is 3. The highest BCUT2D eigenvalue weighted by atomic mass is 32.2. The van der Waals surface area contributed by atoms with E-state index >= 15 is 0 Å². The smallest absolute Gasteiger partial charge is 0.347 e. The van der Waals surface area contributed by atoms with Crippen molar-refractivity contribution in [1.82, 2.24) is 10.6 Å². The summed E-state index contributed by atoms with van der Waals surface area (Å²) in [6, 6.07) is 9.56. The van der Waals surface area contributed by atoms with Crippen molar-refractivity contribution in [2.24, 2.45) is 0 Å². The highest BCUT2D eigenvalue weighted by Gasteiger charge is 2.27. The number of hydrogen-bond acceptors (Lipinski definition) is 11. The van der Waals surface area contributed by atoms with E-state index in [2.05, 4.69) is 15.4 Å². The Kier molecular flexibility index (Phi) is 11.8. The van der Waals surface area contributed by atoms with E-state index < -0.39 is 46.1 Å². The van der Waals surface area contributed by atoms with Gasteiger partial charge in [0.15, 0.2) is 0 Å². The minimum absolute atomic E-state index is 0.0411. The first-order chi connectivity index (χ1) is 18.0. The van der Waals surface area contributed by atoms with Crippen LogP contribution in [-0.2, 0) is 23.9 Å². The number of para-hydroxylation sites is 2. The number of benzene rings is 2. The van der Waals surface area contributed by atoms with Gasteiger partial charge in [0, 0.05) is 25.4 Å². The van der Waals surface area contributed by atoms with E-state index in [-0.39, 0.29) is 34.1 Å². The lowest BCUT2D eigenvalue weighted by atomic mass is 10.2. The molecule has 202 valence electrons. The fourth-order valence-electron chi connectivity index (χ4n) is 3.00. The van der Waals surface area contributed by atoms with Gasteiger partial charge in [-0.25, -0.2) is 9.59 Å². The van der Waals surface area contributed by atoms with Gasteiger partial charge in [0.05, 0.1) is 12.7 Å². The van der Waals surface area contributed by atoms with E-state index in [1.165, 1.54) is 38.1 Å². The summed E-state index contributed by atoms with van der Waals surface area (Å²) >= 11 is 1.41. The molecule has 0 bridgehead atoms. The molecule has 0 fully saturated rings. The van der Waals surface area contributed by atoms with E-state index in [0.29, 0.717) is 23.5 Å². The Bertz CT molecular complexity index is 1220. The molecular formula is C25H26N2O9S2. The maximum absolute atomic E-state index is 13.0. The molecule has 0 aliphatic heterocycles. The van der Waals surface area contributed by atoms with Gasteiger partial charge >= 0.3 is 11.9 Å². The van der Waals surface area contributed by atoms with Gasteiger partial charge < -0.3 is 25.2 Å². The molecule has 0 aliphatic carbocycles. The normalized spacial score (nSPS) is 12.0. The Labute approximate surface area is 227 Å². The first kappa shape index (κ1) is 30.4. The lowest BCUT2D eigenvalue weighted by Crippen LogP contribution is -2.44. The summed E-state index contributed by atoms with van der Waals surface area (Å²) in [5.41, 5.74) is -0.0420. The van der Waals surface area contributed by atoms with Crippen molar-refractivity contribution in [1.29, 1.82) is 0 Å². The third-order valence-electron chi connectivity index (χ3n) is 4.73. The molecule has 0 heterocycles. The second-order valence-electron chi connectivity index (χ2n) is 7.66. The first-order valence-electron chi connectivity index (χ1n) is 11.1. The highest BCUT2D eigenvalue weighted by molar-refractivity contribution is 8.15. The Balaban J connectivity index is 2.10. The second-order valence-corrected chi connectivity index (χ2v) is 9.68. The maximum Gasteiger partial charge on any atom is 0.347 e. The minimum atomic E-state index is -1.10. The minimum Gasteiger partial charge on any atom is -0.507 e. The second kappa shape index (κ2) is 14.8. The summed E-state index contributed by atoms with van der Waals surface area (Å²) in [5, 5.41) is 13.7. The van der Waals surface area contributed by atoms with Gasteiger partial charge in [0.25, 0.3) is 0 Å². The molecule has 2 rings (SSSR count). The van der Waals surface area contributed by atoms with E-state index in [1.54, 1.807) is 24.3 Å². The number of phenols is 1. The molecule has 0 aliphatic rings. The number of carbonyl (C=O) groups is 6. The molecular weight excluding hydrogens is 536 g/mol. The van der Waals surface area contributed by atoms with E-state index in [4.69, 9.17) is 4.74 Å². The zero-order chi connectivity index (χ0) is 28.2. The summed E-state index contributed by atoms with van der Waals surface area (Å²) in [6.07, 6.45) is 0. The van der Waals surface area contributed by atoms with Crippen LogP contribution < -0.4 is 15.4 Å². The van der Waals surface area contributed by atoms with Crippen LogP contribution in [0.1, 0.15) is 34.6 Å². The SMILES string of the molecule is COC(=O)C(CSC(=O)C(CSC(=O)c1ccccc1OC(=O)c1ccccc1O)NC(C)=O)NC(C)=O. The van der Waals surface area contributed by atoms with Gasteiger partial charge in [0.1, 0.15) is 29.1 Å². The third kappa shape index (κ3) is 9.23. The molecule has 2 amide bonds. The van der Waals surface area contributed by atoms with Gasteiger partial charge in [-0.15, -0.1) is 0 Å². The number of aromatic hydroxyl groups is 1. The number of rotatable bonds is 11. The first-order valence-corrected chi connectivity index (χ1v) is 13.1. The Morgan fingerprint density at radius 3 is 1.97 bits per heavy atom. The molecule has 2 unspecified atom stereocenters. The van der Waals surface area contributed by atoms with E-state index in [0.717, 1.165) is 7.11 Å². The summed E-state index contributed by atoms with van der Waals surface area (Å²) < 4.78 is 9.96. The molecule has 0 saturated heterocycles. The molecule has 2 atom stereocenters. The standard InChI is InChI=1S/C25H26N2O9S2/c1-14(28)26-18(23(32)35-3)12-38-25(34)19(27-15(2)29)13-37-24(33)17-9-5-7-11-21(17)36-22(31)16-8-4-6-10-20(16)30/h4-11,18-19,30H,12-13H2,1-3H3,(H,26,28)(H,27,29). The average molecular weight is 563 g/mol. The van der Waals surface area contributed by atoms with Crippen molar-refractivity contribution in [3.63, 3.8) is 0 Å². The van der Waals surface area contributed by atoms with Crippen molar-refractivity contribution in [3.8, 4) is 11.5 Å². The van der Waals surface area contributed by atoms with Crippen LogP contribution in [0.25, 0.3) is 0 Å². The van der Waals surface area contributed by atoms with Crippen LogP contribution in [0.3, 0.4) is 0 Å². The van der Waals surface area contributed by atoms with Gasteiger partial charge in [-0.1, -0.05) is 47.8 Å². The van der Waals surface area contributed by atoms with Gasteiger partial charge in [-0.05, 0) is 24.3 Å². The predicted octanol–water partition coefficient (Wildman–Crippen LogP) is 1.93. The van der Waals surface area contributed by atoms with Crippen LogP contribution in [0.2, 0.25) is 0 Å². The topological polar surface area (TPSA) is 165 Å². The van der Waals surface area contributed by atoms with Crippen LogP contribution in [0.4, 0.5) is 0 Å².